The van der Waals surface area contributed by atoms with Gasteiger partial charge in [-0.3, -0.25) is 0 Å². The third-order valence-electron chi connectivity index (χ3n) is 4.64. The second-order valence-electron chi connectivity index (χ2n) is 6.03. The van der Waals surface area contributed by atoms with E-state index >= 15 is 0 Å². The first kappa shape index (κ1) is 15.4. The van der Waals surface area contributed by atoms with Gasteiger partial charge >= 0.3 is 0 Å². The lowest BCUT2D eigenvalue weighted by atomic mass is 9.75. The number of hydrogen-bond donors (Lipinski definition) is 1. The van der Waals surface area contributed by atoms with Crippen LogP contribution in [-0.4, -0.2) is 35.7 Å². The Morgan fingerprint density at radius 3 is 2.35 bits per heavy atom. The van der Waals surface area contributed by atoms with Gasteiger partial charge in [-0.05, 0) is 44.6 Å². The minimum atomic E-state index is -0.850. The summed E-state index contributed by atoms with van der Waals surface area (Å²) in [6, 6.07) is 3.86. The van der Waals surface area contributed by atoms with Crippen molar-refractivity contribution in [2.75, 3.05) is 14.1 Å². The SMILES string of the molecule is CN(C)C1(C(O)Cc2ccc(F)c(F)c2)CCCCC1. The summed E-state index contributed by atoms with van der Waals surface area (Å²) >= 11 is 0. The van der Waals surface area contributed by atoms with Gasteiger partial charge in [0.2, 0.25) is 0 Å². The number of halogens is 2. The predicted molar refractivity (Wildman–Crippen MR) is 75.6 cm³/mol. The summed E-state index contributed by atoms with van der Waals surface area (Å²) in [5.74, 6) is -1.69. The Kier molecular flexibility index (Phi) is 4.76. The quantitative estimate of drug-likeness (QED) is 0.917. The highest BCUT2D eigenvalue weighted by Crippen LogP contribution is 2.36. The largest absolute Gasteiger partial charge is 0.391 e. The highest BCUT2D eigenvalue weighted by molar-refractivity contribution is 5.19. The summed E-state index contributed by atoms with van der Waals surface area (Å²) in [6.45, 7) is 0. The molecule has 1 aromatic carbocycles. The number of rotatable bonds is 4. The molecule has 0 spiro atoms. The summed E-state index contributed by atoms with van der Waals surface area (Å²) in [5, 5.41) is 10.7. The van der Waals surface area contributed by atoms with Gasteiger partial charge in [0.1, 0.15) is 0 Å². The molecule has 1 N–H and O–H groups in total. The van der Waals surface area contributed by atoms with E-state index in [9.17, 15) is 13.9 Å². The number of likely N-dealkylation sites (N-methyl/N-ethyl adjacent to an activating group) is 1. The Balaban J connectivity index is 2.15. The molecule has 1 fully saturated rings. The van der Waals surface area contributed by atoms with Crippen LogP contribution < -0.4 is 0 Å². The Morgan fingerprint density at radius 2 is 1.80 bits per heavy atom. The maximum absolute atomic E-state index is 13.3. The molecule has 2 nitrogen and oxygen atoms in total. The Labute approximate surface area is 119 Å². The first-order valence-electron chi connectivity index (χ1n) is 7.25. The van der Waals surface area contributed by atoms with Crippen LogP contribution in [0.15, 0.2) is 18.2 Å². The molecule has 2 rings (SSSR count). The van der Waals surface area contributed by atoms with E-state index in [1.807, 2.05) is 14.1 Å². The van der Waals surface area contributed by atoms with Crippen LogP contribution >= 0.6 is 0 Å². The van der Waals surface area contributed by atoms with E-state index in [-0.39, 0.29) is 5.54 Å². The summed E-state index contributed by atoms with van der Waals surface area (Å²) in [6.07, 6.45) is 5.10. The lowest BCUT2D eigenvalue weighted by molar-refractivity contribution is -0.0310. The van der Waals surface area contributed by atoms with Gasteiger partial charge in [-0.2, -0.15) is 0 Å². The third kappa shape index (κ3) is 3.01. The van der Waals surface area contributed by atoms with Gasteiger partial charge in [0.05, 0.1) is 6.10 Å². The van der Waals surface area contributed by atoms with Gasteiger partial charge in [0.25, 0.3) is 0 Å². The third-order valence-corrected chi connectivity index (χ3v) is 4.64. The van der Waals surface area contributed by atoms with Crippen LogP contribution in [0.25, 0.3) is 0 Å². The van der Waals surface area contributed by atoms with Gasteiger partial charge in [-0.1, -0.05) is 25.3 Å². The maximum atomic E-state index is 13.3. The molecule has 0 bridgehead atoms. The average molecular weight is 283 g/mol. The molecule has 0 saturated heterocycles. The van der Waals surface area contributed by atoms with E-state index in [0.717, 1.165) is 31.7 Å². The fraction of sp³-hybridized carbons (Fsp3) is 0.625. The minimum absolute atomic E-state index is 0.247. The van der Waals surface area contributed by atoms with Crippen molar-refractivity contribution < 1.29 is 13.9 Å². The van der Waals surface area contributed by atoms with Gasteiger partial charge < -0.3 is 10.0 Å². The summed E-state index contributed by atoms with van der Waals surface area (Å²) in [4.78, 5) is 2.09. The second kappa shape index (κ2) is 6.19. The van der Waals surface area contributed by atoms with Crippen LogP contribution in [0.1, 0.15) is 37.7 Å². The molecule has 1 unspecified atom stereocenters. The Hall–Kier alpha value is -1.00. The molecule has 0 amide bonds. The van der Waals surface area contributed by atoms with Gasteiger partial charge in [0, 0.05) is 12.0 Å². The number of aliphatic hydroxyl groups excluding tert-OH is 1. The standard InChI is InChI=1S/C16H23F2NO/c1-19(2)16(8-4-3-5-9-16)15(20)11-12-6-7-13(17)14(18)10-12/h6-7,10,15,20H,3-5,8-9,11H2,1-2H3. The molecule has 1 aliphatic rings. The molecular formula is C16H23F2NO. The number of hydrogen-bond acceptors (Lipinski definition) is 2. The van der Waals surface area contributed by atoms with Crippen LogP contribution in [0.3, 0.4) is 0 Å². The van der Waals surface area contributed by atoms with E-state index in [2.05, 4.69) is 4.90 Å². The van der Waals surface area contributed by atoms with E-state index in [1.165, 1.54) is 12.5 Å². The van der Waals surface area contributed by atoms with E-state index < -0.39 is 17.7 Å². The van der Waals surface area contributed by atoms with Crippen molar-refractivity contribution in [2.24, 2.45) is 0 Å². The van der Waals surface area contributed by atoms with Crippen molar-refractivity contribution in [3.05, 3.63) is 35.4 Å². The zero-order chi connectivity index (χ0) is 14.8. The molecule has 1 aliphatic carbocycles. The molecule has 0 aromatic heterocycles. The normalized spacial score (nSPS) is 20.1. The fourth-order valence-corrected chi connectivity index (χ4v) is 3.32. The lowest BCUT2D eigenvalue weighted by Gasteiger charge is -2.46. The van der Waals surface area contributed by atoms with Crippen molar-refractivity contribution in [1.82, 2.24) is 4.90 Å². The summed E-state index contributed by atoms with van der Waals surface area (Å²) in [5.41, 5.74) is 0.395. The van der Waals surface area contributed by atoms with Gasteiger partial charge in [-0.25, -0.2) is 8.78 Å². The smallest absolute Gasteiger partial charge is 0.159 e. The Morgan fingerprint density at radius 1 is 1.15 bits per heavy atom. The van der Waals surface area contributed by atoms with Crippen molar-refractivity contribution in [3.63, 3.8) is 0 Å². The molecular weight excluding hydrogens is 260 g/mol. The maximum Gasteiger partial charge on any atom is 0.159 e. The topological polar surface area (TPSA) is 23.5 Å². The van der Waals surface area contributed by atoms with Crippen LogP contribution in [0.4, 0.5) is 8.78 Å². The van der Waals surface area contributed by atoms with Crippen LogP contribution in [-0.2, 0) is 6.42 Å². The van der Waals surface area contributed by atoms with Crippen LogP contribution in [0, 0.1) is 11.6 Å². The number of benzene rings is 1. The molecule has 1 aromatic rings. The minimum Gasteiger partial charge on any atom is -0.391 e. The second-order valence-corrected chi connectivity index (χ2v) is 6.03. The van der Waals surface area contributed by atoms with Crippen molar-refractivity contribution in [2.45, 2.75) is 50.2 Å². The van der Waals surface area contributed by atoms with E-state index in [4.69, 9.17) is 0 Å². The van der Waals surface area contributed by atoms with Crippen LogP contribution in [0.5, 0.6) is 0 Å². The average Bonchev–Trinajstić information content (AvgIpc) is 2.43. The molecule has 20 heavy (non-hydrogen) atoms. The summed E-state index contributed by atoms with van der Waals surface area (Å²) < 4.78 is 26.2. The summed E-state index contributed by atoms with van der Waals surface area (Å²) in [7, 11) is 3.97. The van der Waals surface area contributed by atoms with Gasteiger partial charge in [-0.15, -0.1) is 0 Å². The fourth-order valence-electron chi connectivity index (χ4n) is 3.32. The molecule has 4 heteroatoms. The zero-order valence-electron chi connectivity index (χ0n) is 12.2. The van der Waals surface area contributed by atoms with E-state index in [1.54, 1.807) is 6.07 Å². The molecule has 1 saturated carbocycles. The van der Waals surface area contributed by atoms with E-state index in [0.29, 0.717) is 12.0 Å². The Bertz CT molecular complexity index is 456. The molecule has 0 aliphatic heterocycles. The highest BCUT2D eigenvalue weighted by Gasteiger charge is 2.40. The lowest BCUT2D eigenvalue weighted by Crippen LogP contribution is -2.55. The first-order chi connectivity index (χ1) is 9.45. The molecule has 0 radical (unpaired) electrons. The monoisotopic (exact) mass is 283 g/mol. The number of aliphatic hydroxyl groups is 1. The first-order valence-corrected chi connectivity index (χ1v) is 7.25. The highest BCUT2D eigenvalue weighted by atomic mass is 19.2. The molecule has 112 valence electrons. The van der Waals surface area contributed by atoms with Gasteiger partial charge in [0.15, 0.2) is 11.6 Å². The molecule has 1 atom stereocenters. The molecule has 0 heterocycles. The van der Waals surface area contributed by atoms with Crippen molar-refractivity contribution in [1.29, 1.82) is 0 Å². The zero-order valence-corrected chi connectivity index (χ0v) is 12.2. The predicted octanol–water partition coefficient (Wildman–Crippen LogP) is 3.13. The van der Waals surface area contributed by atoms with Crippen LogP contribution in [0.2, 0.25) is 0 Å². The van der Waals surface area contributed by atoms with Crippen molar-refractivity contribution in [3.8, 4) is 0 Å². The van der Waals surface area contributed by atoms with Crippen molar-refractivity contribution >= 4 is 0 Å². The number of nitrogens with zero attached hydrogens (tertiary/aromatic N) is 1.